The first-order valence-electron chi connectivity index (χ1n) is 7.67. The third-order valence-corrected chi connectivity index (χ3v) is 5.29. The average Bonchev–Trinajstić information content (AvgIpc) is 2.95. The van der Waals surface area contributed by atoms with Crippen molar-refractivity contribution >= 4 is 49.4 Å². The first kappa shape index (κ1) is 18.6. The maximum absolute atomic E-state index is 12.3. The zero-order valence-electron chi connectivity index (χ0n) is 14.3. The lowest BCUT2D eigenvalue weighted by Gasteiger charge is -2.05. The third kappa shape index (κ3) is 3.68. The predicted molar refractivity (Wildman–Crippen MR) is 108 cm³/mol. The molecular weight excluding hydrogens is 384 g/mol. The summed E-state index contributed by atoms with van der Waals surface area (Å²) in [7, 11) is 0. The Labute approximate surface area is 156 Å². The van der Waals surface area contributed by atoms with Gasteiger partial charge in [0, 0.05) is 5.56 Å². The lowest BCUT2D eigenvalue weighted by molar-refractivity contribution is 0.101. The molecule has 1 aromatic heterocycles. The fourth-order valence-electron chi connectivity index (χ4n) is 2.47. The minimum absolute atomic E-state index is 0. The summed E-state index contributed by atoms with van der Waals surface area (Å²) in [5, 5.41) is 3.97. The van der Waals surface area contributed by atoms with Crippen LogP contribution in [-0.2, 0) is 0 Å². The van der Waals surface area contributed by atoms with E-state index >= 15 is 0 Å². The summed E-state index contributed by atoms with van der Waals surface area (Å²) in [6.45, 7) is 8.51. The van der Waals surface area contributed by atoms with Gasteiger partial charge in [-0.05, 0) is 62.1 Å². The number of ketones is 1. The van der Waals surface area contributed by atoms with Crippen molar-refractivity contribution < 1.29 is 4.79 Å². The molecule has 0 radical (unpaired) electrons. The first-order chi connectivity index (χ1) is 11.0. The van der Waals surface area contributed by atoms with Crippen LogP contribution in [0.15, 0.2) is 30.3 Å². The lowest BCUT2D eigenvalue weighted by atomic mass is 10.0. The number of aryl methyl sites for hydroxylation is 4. The molecule has 0 spiro atoms. The topological polar surface area (TPSA) is 42.0 Å². The molecular formula is C19H21BrN2OS. The van der Waals surface area contributed by atoms with Crippen molar-refractivity contribution in [3.8, 4) is 0 Å². The number of nitrogens with one attached hydrogen (secondary N) is 1. The van der Waals surface area contributed by atoms with Crippen LogP contribution in [0.25, 0.3) is 10.2 Å². The molecule has 0 saturated heterocycles. The Balaban J connectivity index is 0.00000208. The third-order valence-electron chi connectivity index (χ3n) is 4.31. The summed E-state index contributed by atoms with van der Waals surface area (Å²) in [5.74, 6) is 0.0836. The minimum atomic E-state index is 0. The number of rotatable bonds is 4. The van der Waals surface area contributed by atoms with Crippen molar-refractivity contribution in [3.63, 3.8) is 0 Å². The van der Waals surface area contributed by atoms with Gasteiger partial charge in [-0.15, -0.1) is 17.0 Å². The smallest absolute Gasteiger partial charge is 0.184 e. The zero-order valence-corrected chi connectivity index (χ0v) is 16.8. The van der Waals surface area contributed by atoms with E-state index in [9.17, 15) is 4.79 Å². The van der Waals surface area contributed by atoms with Crippen molar-refractivity contribution in [3.05, 3.63) is 58.1 Å². The van der Waals surface area contributed by atoms with E-state index in [2.05, 4.69) is 36.3 Å². The van der Waals surface area contributed by atoms with Crippen LogP contribution in [0.5, 0.6) is 0 Å². The quantitative estimate of drug-likeness (QED) is 0.591. The van der Waals surface area contributed by atoms with Gasteiger partial charge in [-0.3, -0.25) is 4.79 Å². The average molecular weight is 405 g/mol. The maximum Gasteiger partial charge on any atom is 0.184 e. The molecule has 5 heteroatoms. The minimum Gasteiger partial charge on any atom is -0.354 e. The van der Waals surface area contributed by atoms with Crippen molar-refractivity contribution in [1.82, 2.24) is 4.98 Å². The fraction of sp³-hybridized carbons (Fsp3) is 0.263. The summed E-state index contributed by atoms with van der Waals surface area (Å²) in [6.07, 6.45) is 0. The maximum atomic E-state index is 12.3. The van der Waals surface area contributed by atoms with Crippen LogP contribution in [0.4, 0.5) is 5.13 Å². The van der Waals surface area contributed by atoms with Gasteiger partial charge in [0.05, 0.1) is 16.8 Å². The Morgan fingerprint density at radius 1 is 1.04 bits per heavy atom. The molecule has 0 atom stereocenters. The van der Waals surface area contributed by atoms with Gasteiger partial charge in [-0.25, -0.2) is 4.98 Å². The van der Waals surface area contributed by atoms with Gasteiger partial charge in [0.1, 0.15) is 0 Å². The molecule has 0 fully saturated rings. The number of carbonyl (C=O) groups is 1. The number of nitrogens with zero attached hydrogens (tertiary/aromatic N) is 1. The number of halogens is 1. The molecule has 1 N–H and O–H groups in total. The lowest BCUT2D eigenvalue weighted by Crippen LogP contribution is -2.14. The molecule has 24 heavy (non-hydrogen) atoms. The van der Waals surface area contributed by atoms with Crippen molar-refractivity contribution in [2.24, 2.45) is 0 Å². The van der Waals surface area contributed by atoms with E-state index in [0.29, 0.717) is 0 Å². The second-order valence-electron chi connectivity index (χ2n) is 5.95. The van der Waals surface area contributed by atoms with Gasteiger partial charge in [0.2, 0.25) is 0 Å². The van der Waals surface area contributed by atoms with Crippen LogP contribution >= 0.6 is 28.3 Å². The largest absolute Gasteiger partial charge is 0.354 e. The molecule has 2 aromatic carbocycles. The molecule has 1 heterocycles. The highest BCUT2D eigenvalue weighted by Gasteiger charge is 2.10. The predicted octanol–water partition coefficient (Wildman–Crippen LogP) is 5.40. The molecule has 0 amide bonds. The second-order valence-corrected chi connectivity index (χ2v) is 6.98. The molecule has 0 unspecified atom stereocenters. The van der Waals surface area contributed by atoms with Gasteiger partial charge in [-0.2, -0.15) is 0 Å². The van der Waals surface area contributed by atoms with E-state index in [1.54, 1.807) is 11.3 Å². The van der Waals surface area contributed by atoms with Crippen LogP contribution in [-0.4, -0.2) is 17.3 Å². The summed E-state index contributed by atoms with van der Waals surface area (Å²) >= 11 is 1.59. The summed E-state index contributed by atoms with van der Waals surface area (Å²) in [6, 6.07) is 10.0. The Morgan fingerprint density at radius 2 is 1.75 bits per heavy atom. The number of Topliss-reactive ketones (excluding diaryl/α,β-unsaturated/α-hetero) is 1. The number of benzene rings is 2. The highest BCUT2D eigenvalue weighted by molar-refractivity contribution is 8.93. The number of fused-ring (bicyclic) bond motifs is 1. The van der Waals surface area contributed by atoms with Gasteiger partial charge in [-0.1, -0.05) is 29.5 Å². The van der Waals surface area contributed by atoms with Crippen molar-refractivity contribution in [1.29, 1.82) is 0 Å². The number of anilines is 1. The molecule has 0 bridgehead atoms. The number of hydrogen-bond acceptors (Lipinski definition) is 4. The Morgan fingerprint density at radius 3 is 2.46 bits per heavy atom. The van der Waals surface area contributed by atoms with E-state index in [1.807, 2.05) is 32.0 Å². The van der Waals surface area contributed by atoms with Crippen molar-refractivity contribution in [2.75, 3.05) is 11.9 Å². The monoisotopic (exact) mass is 404 g/mol. The standard InChI is InChI=1S/C19H20N2OS.BrH/c1-11-5-7-15(9-13(11)3)16(22)10-20-19-21-18-14(4)12(2)6-8-17(18)23-19;/h5-9H,10H2,1-4H3,(H,20,21);1H. The molecule has 3 nitrogen and oxygen atoms in total. The number of thiazole rings is 1. The number of hydrogen-bond donors (Lipinski definition) is 1. The number of carbonyl (C=O) groups excluding carboxylic acids is 1. The molecule has 0 aliphatic carbocycles. The van der Waals surface area contributed by atoms with Gasteiger partial charge >= 0.3 is 0 Å². The highest BCUT2D eigenvalue weighted by atomic mass is 79.9. The molecule has 3 rings (SSSR count). The van der Waals surface area contributed by atoms with Crippen molar-refractivity contribution in [2.45, 2.75) is 27.7 Å². The number of aromatic nitrogens is 1. The molecule has 0 aliphatic heterocycles. The summed E-state index contributed by atoms with van der Waals surface area (Å²) in [4.78, 5) is 17.0. The molecule has 3 aromatic rings. The van der Waals surface area contributed by atoms with E-state index in [4.69, 9.17) is 0 Å². The fourth-order valence-corrected chi connectivity index (χ4v) is 3.40. The van der Waals surface area contributed by atoms with E-state index < -0.39 is 0 Å². The van der Waals surface area contributed by atoms with Crippen LogP contribution in [0, 0.1) is 27.7 Å². The Hall–Kier alpha value is -1.72. The van der Waals surface area contributed by atoms with Crippen LogP contribution in [0.3, 0.4) is 0 Å². The van der Waals surface area contributed by atoms with Gasteiger partial charge in [0.15, 0.2) is 10.9 Å². The van der Waals surface area contributed by atoms with Crippen LogP contribution < -0.4 is 5.32 Å². The SMILES string of the molecule is Br.Cc1ccc(C(=O)CNc2nc3c(C)c(C)ccc3s2)cc1C. The first-order valence-corrected chi connectivity index (χ1v) is 8.48. The normalized spacial score (nSPS) is 10.5. The summed E-state index contributed by atoms with van der Waals surface area (Å²) < 4.78 is 1.15. The summed E-state index contributed by atoms with van der Waals surface area (Å²) in [5.41, 5.74) is 6.55. The van der Waals surface area contributed by atoms with E-state index in [-0.39, 0.29) is 29.3 Å². The van der Waals surface area contributed by atoms with Gasteiger partial charge in [0.25, 0.3) is 0 Å². The molecule has 126 valence electrons. The zero-order chi connectivity index (χ0) is 16.6. The highest BCUT2D eigenvalue weighted by Crippen LogP contribution is 2.29. The van der Waals surface area contributed by atoms with E-state index in [1.165, 1.54) is 16.7 Å². The Bertz CT molecular complexity index is 902. The van der Waals surface area contributed by atoms with E-state index in [0.717, 1.165) is 26.5 Å². The van der Waals surface area contributed by atoms with Crippen LogP contribution in [0.2, 0.25) is 0 Å². The Kier molecular flexibility index (Phi) is 5.78. The molecule has 0 aliphatic rings. The second kappa shape index (κ2) is 7.45. The molecule has 0 saturated carbocycles. The van der Waals surface area contributed by atoms with Gasteiger partial charge < -0.3 is 5.32 Å². The van der Waals surface area contributed by atoms with Crippen LogP contribution in [0.1, 0.15) is 32.6 Å².